The van der Waals surface area contributed by atoms with Crippen LogP contribution in [0, 0.1) is 5.82 Å². The van der Waals surface area contributed by atoms with E-state index in [2.05, 4.69) is 0 Å². The molecule has 1 rings (SSSR count). The third-order valence-electron chi connectivity index (χ3n) is 2.00. The quantitative estimate of drug-likeness (QED) is 0.830. The molecule has 0 aliphatic rings. The van der Waals surface area contributed by atoms with Gasteiger partial charge in [0.05, 0.1) is 11.4 Å². The van der Waals surface area contributed by atoms with Gasteiger partial charge in [-0.15, -0.1) is 0 Å². The number of hydrogen-bond acceptors (Lipinski definition) is 3. The number of benzene rings is 1. The van der Waals surface area contributed by atoms with Crippen LogP contribution in [0.2, 0.25) is 0 Å². The maximum atomic E-state index is 13.3. The zero-order valence-electron chi connectivity index (χ0n) is 8.66. The molecule has 0 spiro atoms. The van der Waals surface area contributed by atoms with Crippen molar-refractivity contribution in [3.63, 3.8) is 0 Å². The Morgan fingerprint density at radius 3 is 2.53 bits per heavy atom. The van der Waals surface area contributed by atoms with Gasteiger partial charge in [0.25, 0.3) is 6.43 Å². The van der Waals surface area contributed by atoms with E-state index in [0.717, 1.165) is 12.1 Å². The van der Waals surface area contributed by atoms with Crippen molar-refractivity contribution in [1.29, 1.82) is 0 Å². The van der Waals surface area contributed by atoms with Gasteiger partial charge in [0.1, 0.15) is 5.82 Å². The highest BCUT2D eigenvalue weighted by Gasteiger charge is 2.21. The maximum Gasteiger partial charge on any atom is 0.251 e. The number of alkyl halides is 2. The summed E-state index contributed by atoms with van der Waals surface area (Å²) in [6.07, 6.45) is -2.82. The number of halogens is 3. The van der Waals surface area contributed by atoms with Gasteiger partial charge in [-0.1, -0.05) is 6.07 Å². The van der Waals surface area contributed by atoms with Crippen LogP contribution in [-0.2, 0) is 16.6 Å². The molecule has 0 unspecified atom stereocenters. The summed E-state index contributed by atoms with van der Waals surface area (Å²) in [6, 6.07) is 3.33. The van der Waals surface area contributed by atoms with Gasteiger partial charge in [0.15, 0.2) is 0 Å². The van der Waals surface area contributed by atoms with E-state index in [9.17, 15) is 21.6 Å². The molecule has 0 aliphatic heterocycles. The van der Waals surface area contributed by atoms with Crippen molar-refractivity contribution in [3.05, 3.63) is 29.6 Å². The summed E-state index contributed by atoms with van der Waals surface area (Å²) < 4.78 is 62.0. The standard InChI is InChI=1S/C9H11F3N2O2S/c10-7-2-1-3-8(6(7)4-13)17(15,16)14-5-9(11)12/h1-3,9,14H,4-5,13H2. The molecule has 0 heterocycles. The van der Waals surface area contributed by atoms with E-state index in [0.29, 0.717) is 0 Å². The molecule has 0 aromatic heterocycles. The van der Waals surface area contributed by atoms with Gasteiger partial charge in [0.2, 0.25) is 10.0 Å². The molecule has 0 fully saturated rings. The van der Waals surface area contributed by atoms with Crippen LogP contribution < -0.4 is 10.5 Å². The normalized spacial score (nSPS) is 12.1. The van der Waals surface area contributed by atoms with E-state index in [-0.39, 0.29) is 12.1 Å². The summed E-state index contributed by atoms with van der Waals surface area (Å²) in [4.78, 5) is -0.416. The van der Waals surface area contributed by atoms with E-state index in [1.807, 2.05) is 0 Å². The van der Waals surface area contributed by atoms with Crippen molar-refractivity contribution >= 4 is 10.0 Å². The van der Waals surface area contributed by atoms with Crippen molar-refractivity contribution in [2.45, 2.75) is 17.9 Å². The van der Waals surface area contributed by atoms with Crippen molar-refractivity contribution in [1.82, 2.24) is 4.72 Å². The van der Waals surface area contributed by atoms with Crippen LogP contribution in [0.5, 0.6) is 0 Å². The molecule has 3 N–H and O–H groups in total. The van der Waals surface area contributed by atoms with Crippen LogP contribution in [0.15, 0.2) is 23.1 Å². The molecule has 17 heavy (non-hydrogen) atoms. The Bertz CT molecular complexity index is 491. The second-order valence-corrected chi connectivity index (χ2v) is 4.90. The lowest BCUT2D eigenvalue weighted by atomic mass is 10.2. The molecule has 4 nitrogen and oxygen atoms in total. The number of rotatable bonds is 5. The largest absolute Gasteiger partial charge is 0.326 e. The summed E-state index contributed by atoms with van der Waals surface area (Å²) in [5.41, 5.74) is 5.00. The highest BCUT2D eigenvalue weighted by atomic mass is 32.2. The van der Waals surface area contributed by atoms with Gasteiger partial charge >= 0.3 is 0 Å². The second-order valence-electron chi connectivity index (χ2n) is 3.16. The molecule has 1 aromatic carbocycles. The van der Waals surface area contributed by atoms with Crippen LogP contribution in [0.1, 0.15) is 5.56 Å². The van der Waals surface area contributed by atoms with Crippen LogP contribution in [0.4, 0.5) is 13.2 Å². The molecule has 0 atom stereocenters. The monoisotopic (exact) mass is 268 g/mol. The van der Waals surface area contributed by atoms with Crippen LogP contribution in [-0.4, -0.2) is 21.4 Å². The Labute approximate surface area is 96.7 Å². The smallest absolute Gasteiger partial charge is 0.251 e. The Morgan fingerprint density at radius 2 is 2.00 bits per heavy atom. The lowest BCUT2D eigenvalue weighted by molar-refractivity contribution is 0.153. The van der Waals surface area contributed by atoms with Gasteiger partial charge < -0.3 is 5.73 Å². The predicted molar refractivity (Wildman–Crippen MR) is 55.5 cm³/mol. The fourth-order valence-electron chi connectivity index (χ4n) is 1.24. The minimum absolute atomic E-state index is 0.228. The molecule has 0 saturated heterocycles. The number of sulfonamides is 1. The minimum Gasteiger partial charge on any atom is -0.326 e. The molecule has 96 valence electrons. The van der Waals surface area contributed by atoms with Crippen molar-refractivity contribution in [2.24, 2.45) is 5.73 Å². The van der Waals surface area contributed by atoms with Gasteiger partial charge in [-0.2, -0.15) is 0 Å². The van der Waals surface area contributed by atoms with E-state index >= 15 is 0 Å². The first-order valence-electron chi connectivity index (χ1n) is 4.63. The highest BCUT2D eigenvalue weighted by molar-refractivity contribution is 7.89. The van der Waals surface area contributed by atoms with Gasteiger partial charge in [-0.05, 0) is 12.1 Å². The molecule has 0 amide bonds. The summed E-state index contributed by atoms with van der Waals surface area (Å²) in [7, 11) is -4.17. The minimum atomic E-state index is -4.17. The second kappa shape index (κ2) is 5.48. The highest BCUT2D eigenvalue weighted by Crippen LogP contribution is 2.18. The number of nitrogens with two attached hydrogens (primary N) is 1. The Balaban J connectivity index is 3.11. The van der Waals surface area contributed by atoms with Crippen LogP contribution in [0.3, 0.4) is 0 Å². The molecule has 1 aromatic rings. The van der Waals surface area contributed by atoms with Crippen LogP contribution >= 0.6 is 0 Å². The average molecular weight is 268 g/mol. The molecule has 0 saturated carbocycles. The Morgan fingerprint density at radius 1 is 1.35 bits per heavy atom. The van der Waals surface area contributed by atoms with Gasteiger partial charge in [-0.25, -0.2) is 26.3 Å². The summed E-state index contributed by atoms with van der Waals surface area (Å²) >= 11 is 0. The average Bonchev–Trinajstić information content (AvgIpc) is 2.26. The maximum absolute atomic E-state index is 13.3. The third kappa shape index (κ3) is 3.42. The molecular weight excluding hydrogens is 257 g/mol. The zero-order valence-corrected chi connectivity index (χ0v) is 9.48. The summed E-state index contributed by atoms with van der Waals surface area (Å²) in [5, 5.41) is 0. The summed E-state index contributed by atoms with van der Waals surface area (Å²) in [5.74, 6) is -0.785. The molecule has 0 bridgehead atoms. The van der Waals surface area contributed by atoms with Crippen molar-refractivity contribution in [3.8, 4) is 0 Å². The molecular formula is C9H11F3N2O2S. The Hall–Kier alpha value is -1.12. The zero-order chi connectivity index (χ0) is 13.1. The SMILES string of the molecule is NCc1c(F)cccc1S(=O)(=O)NCC(F)F. The molecule has 8 heteroatoms. The van der Waals surface area contributed by atoms with E-state index in [1.165, 1.54) is 6.07 Å². The molecule has 0 aliphatic carbocycles. The predicted octanol–water partition coefficient (Wildman–Crippen LogP) is 0.828. The molecule has 0 radical (unpaired) electrons. The van der Waals surface area contributed by atoms with Gasteiger partial charge in [-0.3, -0.25) is 0 Å². The van der Waals surface area contributed by atoms with E-state index in [1.54, 1.807) is 4.72 Å². The van der Waals surface area contributed by atoms with E-state index < -0.39 is 33.7 Å². The summed E-state index contributed by atoms with van der Waals surface area (Å²) in [6.45, 7) is -1.36. The van der Waals surface area contributed by atoms with Gasteiger partial charge in [0, 0.05) is 12.1 Å². The lowest BCUT2D eigenvalue weighted by Crippen LogP contribution is -2.30. The van der Waals surface area contributed by atoms with Crippen LogP contribution in [0.25, 0.3) is 0 Å². The fourth-order valence-corrected chi connectivity index (χ4v) is 2.50. The third-order valence-corrected chi connectivity index (χ3v) is 3.51. The first kappa shape index (κ1) is 13.9. The Kier molecular flexibility index (Phi) is 4.49. The van der Waals surface area contributed by atoms with E-state index in [4.69, 9.17) is 5.73 Å². The number of hydrogen-bond donors (Lipinski definition) is 2. The first-order valence-corrected chi connectivity index (χ1v) is 6.12. The lowest BCUT2D eigenvalue weighted by Gasteiger charge is -2.10. The van der Waals surface area contributed by atoms with Crippen molar-refractivity contribution in [2.75, 3.05) is 6.54 Å². The first-order chi connectivity index (χ1) is 7.88. The fraction of sp³-hybridized carbons (Fsp3) is 0.333. The topological polar surface area (TPSA) is 72.2 Å². The number of nitrogens with one attached hydrogen (secondary N) is 1. The van der Waals surface area contributed by atoms with Crippen molar-refractivity contribution < 1.29 is 21.6 Å².